The van der Waals surface area contributed by atoms with Crippen LogP contribution < -0.4 is 10.0 Å². The lowest BCUT2D eigenvalue weighted by Crippen LogP contribution is -2.25. The predicted octanol–water partition coefficient (Wildman–Crippen LogP) is 0.952. The number of hydrogen-bond donors (Lipinski definition) is 2. The van der Waals surface area contributed by atoms with Crippen LogP contribution in [0.25, 0.3) is 0 Å². The summed E-state index contributed by atoms with van der Waals surface area (Å²) in [5, 5.41) is 7.05. The predicted molar refractivity (Wildman–Crippen MR) is 80.5 cm³/mol. The Hall–Kier alpha value is -1.93. The van der Waals surface area contributed by atoms with E-state index in [4.69, 9.17) is 0 Å². The highest BCUT2D eigenvalue weighted by atomic mass is 32.2. The van der Waals surface area contributed by atoms with E-state index in [1.165, 1.54) is 6.07 Å². The Balaban J connectivity index is 2.26. The van der Waals surface area contributed by atoms with Gasteiger partial charge in [0.15, 0.2) is 0 Å². The molecule has 0 aliphatic carbocycles. The second-order valence-corrected chi connectivity index (χ2v) is 6.43. The zero-order valence-corrected chi connectivity index (χ0v) is 13.3. The maximum Gasteiger partial charge on any atom is 0.244 e. The summed E-state index contributed by atoms with van der Waals surface area (Å²) in [6.07, 6.45) is 1.54. The molecule has 0 bridgehead atoms. The Morgan fingerprint density at radius 1 is 1.33 bits per heavy atom. The number of rotatable bonds is 5. The number of aromatic nitrogens is 3. The summed E-state index contributed by atoms with van der Waals surface area (Å²) in [6.45, 7) is 3.97. The van der Waals surface area contributed by atoms with Crippen molar-refractivity contribution in [3.63, 3.8) is 0 Å². The van der Waals surface area contributed by atoms with Crippen LogP contribution >= 0.6 is 0 Å². The fourth-order valence-corrected chi connectivity index (χ4v) is 3.27. The van der Waals surface area contributed by atoms with Gasteiger partial charge in [-0.1, -0.05) is 0 Å². The Labute approximate surface area is 124 Å². The molecule has 0 saturated heterocycles. The minimum Gasteiger partial charge on any atom is -0.372 e. The summed E-state index contributed by atoms with van der Waals surface area (Å²) in [4.78, 5) is 4.14. The van der Waals surface area contributed by atoms with Crippen LogP contribution in [0, 0.1) is 13.8 Å². The van der Waals surface area contributed by atoms with Gasteiger partial charge in [0.2, 0.25) is 10.0 Å². The van der Waals surface area contributed by atoms with Crippen molar-refractivity contribution in [1.29, 1.82) is 0 Å². The maximum atomic E-state index is 12.4. The van der Waals surface area contributed by atoms with Gasteiger partial charge in [0.25, 0.3) is 0 Å². The van der Waals surface area contributed by atoms with Crippen molar-refractivity contribution in [1.82, 2.24) is 19.5 Å². The first kappa shape index (κ1) is 15.5. The van der Waals surface area contributed by atoms with Crippen molar-refractivity contribution in [2.24, 2.45) is 7.05 Å². The lowest BCUT2D eigenvalue weighted by molar-refractivity contribution is 0.581. The van der Waals surface area contributed by atoms with E-state index in [1.807, 2.05) is 20.9 Å². The van der Waals surface area contributed by atoms with Gasteiger partial charge in [-0.05, 0) is 26.0 Å². The van der Waals surface area contributed by atoms with Crippen LogP contribution in [0.15, 0.2) is 23.2 Å². The van der Waals surface area contributed by atoms with Crippen LogP contribution in [-0.4, -0.2) is 30.2 Å². The SMILES string of the molecule is CNc1ncccc1S(=O)(=O)NCc1c(C)nn(C)c1C. The quantitative estimate of drug-likeness (QED) is 0.858. The minimum atomic E-state index is -3.64. The normalized spacial score (nSPS) is 11.6. The zero-order valence-electron chi connectivity index (χ0n) is 12.5. The summed E-state index contributed by atoms with van der Waals surface area (Å²) < 4.78 is 29.1. The molecule has 2 N–H and O–H groups in total. The molecule has 0 atom stereocenters. The summed E-state index contributed by atoms with van der Waals surface area (Å²) in [5.41, 5.74) is 2.64. The van der Waals surface area contributed by atoms with Gasteiger partial charge < -0.3 is 5.32 Å². The molecular formula is C13H19N5O2S. The molecule has 0 aliphatic heterocycles. The fourth-order valence-electron chi connectivity index (χ4n) is 2.11. The molecule has 114 valence electrons. The third-order valence-electron chi connectivity index (χ3n) is 3.39. The van der Waals surface area contributed by atoms with Gasteiger partial charge in [0.1, 0.15) is 10.7 Å². The monoisotopic (exact) mass is 309 g/mol. The van der Waals surface area contributed by atoms with Crippen LogP contribution in [0.3, 0.4) is 0 Å². The number of sulfonamides is 1. The second kappa shape index (κ2) is 5.82. The Morgan fingerprint density at radius 3 is 2.62 bits per heavy atom. The summed E-state index contributed by atoms with van der Waals surface area (Å²) in [6, 6.07) is 3.11. The molecule has 0 aromatic carbocycles. The van der Waals surface area contributed by atoms with Gasteiger partial charge in [0, 0.05) is 38.1 Å². The number of hydrogen-bond acceptors (Lipinski definition) is 5. The first-order chi connectivity index (χ1) is 9.86. The third-order valence-corrected chi connectivity index (χ3v) is 4.83. The first-order valence-corrected chi connectivity index (χ1v) is 7.96. The van der Waals surface area contributed by atoms with Gasteiger partial charge in [-0.25, -0.2) is 18.1 Å². The van der Waals surface area contributed by atoms with Crippen molar-refractivity contribution < 1.29 is 8.42 Å². The molecule has 7 nitrogen and oxygen atoms in total. The highest BCUT2D eigenvalue weighted by molar-refractivity contribution is 7.89. The first-order valence-electron chi connectivity index (χ1n) is 6.48. The van der Waals surface area contributed by atoms with Crippen molar-refractivity contribution in [3.8, 4) is 0 Å². The summed E-state index contributed by atoms with van der Waals surface area (Å²) in [7, 11) is -0.168. The molecule has 2 aromatic heterocycles. The molecule has 0 unspecified atom stereocenters. The molecule has 0 spiro atoms. The van der Waals surface area contributed by atoms with Crippen molar-refractivity contribution in [3.05, 3.63) is 35.3 Å². The van der Waals surface area contributed by atoms with Crippen LogP contribution in [0.5, 0.6) is 0 Å². The molecule has 0 aliphatic rings. The van der Waals surface area contributed by atoms with Crippen molar-refractivity contribution in [2.75, 3.05) is 12.4 Å². The fraction of sp³-hybridized carbons (Fsp3) is 0.385. The van der Waals surface area contributed by atoms with E-state index in [-0.39, 0.29) is 11.4 Å². The molecule has 2 heterocycles. The molecule has 0 radical (unpaired) electrons. The Kier molecular flexibility index (Phi) is 4.29. The topological polar surface area (TPSA) is 88.9 Å². The average Bonchev–Trinajstić information content (AvgIpc) is 2.70. The average molecular weight is 309 g/mol. The van der Waals surface area contributed by atoms with E-state index in [1.54, 1.807) is 24.0 Å². The van der Waals surface area contributed by atoms with E-state index < -0.39 is 10.0 Å². The molecule has 21 heavy (non-hydrogen) atoms. The van der Waals surface area contributed by atoms with Gasteiger partial charge in [0.05, 0.1) is 5.69 Å². The van der Waals surface area contributed by atoms with Crippen molar-refractivity contribution in [2.45, 2.75) is 25.3 Å². The number of aryl methyl sites for hydroxylation is 2. The van der Waals surface area contributed by atoms with Crippen LogP contribution in [-0.2, 0) is 23.6 Å². The van der Waals surface area contributed by atoms with Gasteiger partial charge in [-0.2, -0.15) is 5.10 Å². The molecule has 0 amide bonds. The largest absolute Gasteiger partial charge is 0.372 e. The smallest absolute Gasteiger partial charge is 0.244 e. The van der Waals surface area contributed by atoms with E-state index in [0.29, 0.717) is 5.82 Å². The second-order valence-electron chi connectivity index (χ2n) is 4.70. The van der Waals surface area contributed by atoms with Gasteiger partial charge in [-0.3, -0.25) is 4.68 Å². The highest BCUT2D eigenvalue weighted by Gasteiger charge is 2.20. The van der Waals surface area contributed by atoms with Crippen LogP contribution in [0.2, 0.25) is 0 Å². The zero-order chi connectivity index (χ0) is 15.6. The number of nitrogens with zero attached hydrogens (tertiary/aromatic N) is 3. The third kappa shape index (κ3) is 3.06. The summed E-state index contributed by atoms with van der Waals surface area (Å²) in [5.74, 6) is 0.324. The van der Waals surface area contributed by atoms with E-state index in [9.17, 15) is 8.42 Å². The lowest BCUT2D eigenvalue weighted by atomic mass is 10.2. The molecule has 0 fully saturated rings. The standard InChI is InChI=1S/C13H19N5O2S/c1-9-11(10(2)18(4)17-9)8-16-21(19,20)12-6-5-7-15-13(12)14-3/h5-7,16H,8H2,1-4H3,(H,14,15). The number of pyridine rings is 1. The lowest BCUT2D eigenvalue weighted by Gasteiger charge is -2.10. The molecule has 0 saturated carbocycles. The van der Waals surface area contributed by atoms with Crippen LogP contribution in [0.1, 0.15) is 17.0 Å². The molecule has 8 heteroatoms. The minimum absolute atomic E-state index is 0.131. The number of nitrogens with one attached hydrogen (secondary N) is 2. The van der Waals surface area contributed by atoms with Crippen molar-refractivity contribution >= 4 is 15.8 Å². The van der Waals surface area contributed by atoms with E-state index in [0.717, 1.165) is 17.0 Å². The molecule has 2 rings (SSSR count). The van der Waals surface area contributed by atoms with E-state index in [2.05, 4.69) is 20.1 Å². The number of anilines is 1. The molecule has 2 aromatic rings. The van der Waals surface area contributed by atoms with Gasteiger partial charge >= 0.3 is 0 Å². The highest BCUT2D eigenvalue weighted by Crippen LogP contribution is 2.18. The Bertz CT molecular complexity index is 752. The molecular weight excluding hydrogens is 290 g/mol. The van der Waals surface area contributed by atoms with E-state index >= 15 is 0 Å². The Morgan fingerprint density at radius 2 is 2.05 bits per heavy atom. The van der Waals surface area contributed by atoms with Gasteiger partial charge in [-0.15, -0.1) is 0 Å². The summed E-state index contributed by atoms with van der Waals surface area (Å²) >= 11 is 0. The van der Waals surface area contributed by atoms with Crippen LogP contribution in [0.4, 0.5) is 5.82 Å². The maximum absolute atomic E-state index is 12.4.